The fourth-order valence-corrected chi connectivity index (χ4v) is 5.07. The number of carbonyl (C=O) groups is 3. The summed E-state index contributed by atoms with van der Waals surface area (Å²) in [5, 5.41) is 0.0624. The molecule has 184 valence electrons. The molecule has 2 rings (SSSR count). The molecule has 0 spiro atoms. The van der Waals surface area contributed by atoms with E-state index in [4.69, 9.17) is 23.7 Å². The first-order valence-corrected chi connectivity index (χ1v) is 12.3. The molecular weight excluding hydrogens is 436 g/mol. The van der Waals surface area contributed by atoms with E-state index < -0.39 is 36.7 Å². The van der Waals surface area contributed by atoms with E-state index in [0.29, 0.717) is 11.7 Å². The Hall–Kier alpha value is -1.16. The number of hydrogen-bond acceptors (Lipinski definition) is 9. The van der Waals surface area contributed by atoms with E-state index in [-0.39, 0.29) is 41.5 Å². The van der Waals surface area contributed by atoms with Gasteiger partial charge < -0.3 is 23.7 Å². The first kappa shape index (κ1) is 27.1. The molecule has 0 aromatic heterocycles. The first-order valence-electron chi connectivity index (χ1n) is 11.3. The molecule has 0 bridgehead atoms. The minimum Gasteiger partial charge on any atom is -0.463 e. The van der Waals surface area contributed by atoms with Gasteiger partial charge in [0.05, 0.1) is 6.10 Å². The first-order chi connectivity index (χ1) is 14.9. The Kier molecular flexibility index (Phi) is 10.00. The average molecular weight is 475 g/mol. The van der Waals surface area contributed by atoms with Crippen LogP contribution in [0.4, 0.5) is 0 Å². The summed E-state index contributed by atoms with van der Waals surface area (Å²) >= 11 is 1.26. The van der Waals surface area contributed by atoms with Crippen molar-refractivity contribution in [1.82, 2.24) is 0 Å². The number of hydrogen-bond donors (Lipinski definition) is 0. The van der Waals surface area contributed by atoms with E-state index in [2.05, 4.69) is 20.8 Å². The monoisotopic (exact) mass is 474 g/mol. The van der Waals surface area contributed by atoms with E-state index in [0.717, 1.165) is 0 Å². The van der Waals surface area contributed by atoms with Crippen molar-refractivity contribution in [3.05, 3.63) is 0 Å². The Labute approximate surface area is 195 Å². The third kappa shape index (κ3) is 6.92. The number of rotatable bonds is 7. The highest BCUT2D eigenvalue weighted by molar-refractivity contribution is 8.13. The molecule has 2 fully saturated rings. The fourth-order valence-electron chi connectivity index (χ4n) is 4.29. The van der Waals surface area contributed by atoms with Crippen molar-refractivity contribution in [3.8, 4) is 0 Å². The maximum Gasteiger partial charge on any atom is 0.303 e. The third-order valence-corrected chi connectivity index (χ3v) is 7.81. The molecular formula is C23H38O8S. The van der Waals surface area contributed by atoms with E-state index in [1.807, 2.05) is 13.8 Å². The lowest BCUT2D eigenvalue weighted by Crippen LogP contribution is -2.56. The standard InChI is InChI=1S/C23H38O8S/c1-11-12(2)20(10-32-18(8)26)30-22(14(11)4)31-23-15(5)13(3)21(28-17(7)25)19(29-23)9-27-16(6)24/h11-15,19-23H,9-10H2,1-8H3/t11-,12-,13?,14?,15+,19?,20?,21-,22+,23+/m0/s1. The molecule has 2 aliphatic rings. The number of esters is 2. The Morgan fingerprint density at radius 2 is 1.31 bits per heavy atom. The van der Waals surface area contributed by atoms with Gasteiger partial charge in [-0.05, 0) is 11.8 Å². The van der Waals surface area contributed by atoms with Gasteiger partial charge in [-0.3, -0.25) is 14.4 Å². The predicted molar refractivity (Wildman–Crippen MR) is 120 cm³/mol. The molecule has 2 aliphatic heterocycles. The molecule has 2 saturated heterocycles. The molecule has 4 unspecified atom stereocenters. The molecule has 0 N–H and O–H groups in total. The summed E-state index contributed by atoms with van der Waals surface area (Å²) in [6.45, 7) is 14.6. The Balaban J connectivity index is 2.15. The zero-order chi connectivity index (χ0) is 24.2. The van der Waals surface area contributed by atoms with Gasteiger partial charge in [0.15, 0.2) is 17.7 Å². The van der Waals surface area contributed by atoms with Crippen LogP contribution in [0.2, 0.25) is 0 Å². The van der Waals surface area contributed by atoms with Gasteiger partial charge in [0.2, 0.25) is 0 Å². The lowest BCUT2D eigenvalue weighted by molar-refractivity contribution is -0.345. The number of thioether (sulfide) groups is 1. The summed E-state index contributed by atoms with van der Waals surface area (Å²) in [6, 6.07) is 0. The van der Waals surface area contributed by atoms with Crippen LogP contribution in [-0.2, 0) is 38.1 Å². The summed E-state index contributed by atoms with van der Waals surface area (Å²) in [6.07, 6.45) is -2.42. The molecule has 8 nitrogen and oxygen atoms in total. The van der Waals surface area contributed by atoms with E-state index in [1.165, 1.54) is 25.6 Å². The van der Waals surface area contributed by atoms with Crippen LogP contribution >= 0.6 is 11.8 Å². The van der Waals surface area contributed by atoms with Gasteiger partial charge in [0.1, 0.15) is 18.8 Å². The Morgan fingerprint density at radius 1 is 0.750 bits per heavy atom. The third-order valence-electron chi connectivity index (χ3n) is 6.91. The quantitative estimate of drug-likeness (QED) is 0.514. The van der Waals surface area contributed by atoms with Gasteiger partial charge in [-0.15, -0.1) is 0 Å². The zero-order valence-electron chi connectivity index (χ0n) is 20.4. The van der Waals surface area contributed by atoms with E-state index >= 15 is 0 Å². The van der Waals surface area contributed by atoms with Crippen molar-refractivity contribution in [2.24, 2.45) is 29.6 Å². The van der Waals surface area contributed by atoms with Crippen LogP contribution < -0.4 is 0 Å². The summed E-state index contributed by atoms with van der Waals surface area (Å²) in [5.74, 6) is 0.279. The largest absolute Gasteiger partial charge is 0.463 e. The van der Waals surface area contributed by atoms with Crippen molar-refractivity contribution < 1.29 is 38.1 Å². The average Bonchev–Trinajstić information content (AvgIpc) is 2.71. The van der Waals surface area contributed by atoms with Gasteiger partial charge in [0.25, 0.3) is 0 Å². The van der Waals surface area contributed by atoms with Crippen molar-refractivity contribution in [1.29, 1.82) is 0 Å². The molecule has 9 heteroatoms. The summed E-state index contributed by atoms with van der Waals surface area (Å²) in [7, 11) is 0. The molecule has 10 atom stereocenters. The predicted octanol–water partition coefficient (Wildman–Crippen LogP) is 3.41. The number of carbonyl (C=O) groups excluding carboxylic acids is 3. The lowest BCUT2D eigenvalue weighted by atomic mass is 9.79. The molecule has 0 aromatic rings. The van der Waals surface area contributed by atoms with Gasteiger partial charge in [-0.2, -0.15) is 0 Å². The fraction of sp³-hybridized carbons (Fsp3) is 0.870. The molecule has 0 aromatic carbocycles. The van der Waals surface area contributed by atoms with Crippen LogP contribution in [0.25, 0.3) is 0 Å². The van der Waals surface area contributed by atoms with Gasteiger partial charge >= 0.3 is 11.9 Å². The highest BCUT2D eigenvalue weighted by atomic mass is 32.2. The zero-order valence-corrected chi connectivity index (χ0v) is 21.2. The van der Waals surface area contributed by atoms with Gasteiger partial charge in [-0.1, -0.05) is 46.4 Å². The van der Waals surface area contributed by atoms with Crippen LogP contribution in [0, 0.1) is 29.6 Å². The highest BCUT2D eigenvalue weighted by Crippen LogP contribution is 2.40. The smallest absolute Gasteiger partial charge is 0.303 e. The van der Waals surface area contributed by atoms with Crippen LogP contribution in [-0.4, -0.2) is 60.3 Å². The van der Waals surface area contributed by atoms with Crippen molar-refractivity contribution in [3.63, 3.8) is 0 Å². The van der Waals surface area contributed by atoms with Crippen LogP contribution in [0.15, 0.2) is 0 Å². The summed E-state index contributed by atoms with van der Waals surface area (Å²) in [5.41, 5.74) is 0. The summed E-state index contributed by atoms with van der Waals surface area (Å²) < 4.78 is 29.5. The van der Waals surface area contributed by atoms with Crippen LogP contribution in [0.1, 0.15) is 55.4 Å². The molecule has 0 amide bonds. The second-order valence-electron chi connectivity index (χ2n) is 9.20. The minimum atomic E-state index is -0.640. The van der Waals surface area contributed by atoms with Gasteiger partial charge in [0, 0.05) is 44.3 Å². The Morgan fingerprint density at radius 3 is 1.84 bits per heavy atom. The van der Waals surface area contributed by atoms with Crippen LogP contribution in [0.5, 0.6) is 0 Å². The molecule has 32 heavy (non-hydrogen) atoms. The molecule has 0 aliphatic carbocycles. The van der Waals surface area contributed by atoms with E-state index in [1.54, 1.807) is 6.92 Å². The molecule has 0 radical (unpaired) electrons. The maximum absolute atomic E-state index is 11.6. The maximum atomic E-state index is 11.6. The summed E-state index contributed by atoms with van der Waals surface area (Å²) in [4.78, 5) is 34.4. The molecule has 0 saturated carbocycles. The SMILES string of the molecule is CC(=O)OCC1O[C@H](O[C@H]2OC(CSC(C)=O)[C@@H](C)[C@H](C)C2C)[C@H](C)C(C)[C@@H]1OC(C)=O. The lowest BCUT2D eigenvalue weighted by Gasteiger charge is -2.48. The van der Waals surface area contributed by atoms with Crippen LogP contribution in [0.3, 0.4) is 0 Å². The minimum absolute atomic E-state index is 0.0312. The Bertz CT molecular complexity index is 670. The molecule has 2 heterocycles. The normalized spacial score (nSPS) is 39.9. The second-order valence-corrected chi connectivity index (χ2v) is 10.4. The van der Waals surface area contributed by atoms with E-state index in [9.17, 15) is 14.4 Å². The second kappa shape index (κ2) is 11.8. The van der Waals surface area contributed by atoms with Gasteiger partial charge in [-0.25, -0.2) is 0 Å². The van der Waals surface area contributed by atoms with Crippen molar-refractivity contribution >= 4 is 28.8 Å². The van der Waals surface area contributed by atoms with Crippen molar-refractivity contribution in [2.45, 2.75) is 86.3 Å². The highest BCUT2D eigenvalue weighted by Gasteiger charge is 2.47. The number of ether oxygens (including phenoxy) is 5. The topological polar surface area (TPSA) is 97.4 Å². The van der Waals surface area contributed by atoms with Crippen molar-refractivity contribution in [2.75, 3.05) is 12.4 Å².